The fourth-order valence-electron chi connectivity index (χ4n) is 4.45. The van der Waals surface area contributed by atoms with Gasteiger partial charge in [-0.2, -0.15) is 0 Å². The standard InChI is InChI=1S/C30H29BrO3/c1-33-27-15-5-21(6-16-27)19-29(23-9-13-26(32)14-10-23)30(24-7-3-22(20-31)4-8-24)25-11-17-28(34-2)18-12-25/h3-18,29-30,32H,19-20H2,1-2H3/t29?,30-/m0/s1. The lowest BCUT2D eigenvalue weighted by Gasteiger charge is -2.29. The van der Waals surface area contributed by atoms with E-state index in [9.17, 15) is 5.11 Å². The van der Waals surface area contributed by atoms with Crippen molar-refractivity contribution in [1.82, 2.24) is 0 Å². The van der Waals surface area contributed by atoms with Crippen LogP contribution in [0.4, 0.5) is 0 Å². The van der Waals surface area contributed by atoms with Crippen molar-refractivity contribution < 1.29 is 14.6 Å². The lowest BCUT2D eigenvalue weighted by Crippen LogP contribution is -2.16. The van der Waals surface area contributed by atoms with Gasteiger partial charge in [-0.05, 0) is 76.6 Å². The molecular weight excluding hydrogens is 488 g/mol. The minimum absolute atomic E-state index is 0.113. The summed E-state index contributed by atoms with van der Waals surface area (Å²) >= 11 is 3.56. The van der Waals surface area contributed by atoms with Crippen LogP contribution < -0.4 is 9.47 Å². The average molecular weight is 517 g/mol. The molecule has 3 nitrogen and oxygen atoms in total. The molecule has 4 aromatic carbocycles. The number of alkyl halides is 1. The van der Waals surface area contributed by atoms with Gasteiger partial charge in [0.05, 0.1) is 14.2 Å². The summed E-state index contributed by atoms with van der Waals surface area (Å²) in [5.41, 5.74) is 6.13. The summed E-state index contributed by atoms with van der Waals surface area (Å²) in [7, 11) is 3.37. The lowest BCUT2D eigenvalue weighted by molar-refractivity contribution is 0.414. The van der Waals surface area contributed by atoms with Crippen LogP contribution in [0.25, 0.3) is 0 Å². The molecule has 0 aliphatic rings. The third kappa shape index (κ3) is 5.63. The zero-order chi connectivity index (χ0) is 23.9. The molecule has 0 spiro atoms. The molecule has 0 saturated carbocycles. The number of hydrogen-bond donors (Lipinski definition) is 1. The SMILES string of the molecule is COc1ccc(CC(c2ccc(O)cc2)[C@@H](c2ccc(CBr)cc2)c2ccc(OC)cc2)cc1. The maximum absolute atomic E-state index is 9.94. The summed E-state index contributed by atoms with van der Waals surface area (Å²) in [6, 6.07) is 33.1. The molecule has 0 aromatic heterocycles. The summed E-state index contributed by atoms with van der Waals surface area (Å²) in [5.74, 6) is 2.23. The first-order chi connectivity index (χ1) is 16.6. The van der Waals surface area contributed by atoms with Crippen molar-refractivity contribution in [3.05, 3.63) is 125 Å². The molecule has 1 unspecified atom stereocenters. The van der Waals surface area contributed by atoms with Gasteiger partial charge in [0.1, 0.15) is 17.2 Å². The normalized spacial score (nSPS) is 12.7. The van der Waals surface area contributed by atoms with Crippen molar-refractivity contribution >= 4 is 15.9 Å². The van der Waals surface area contributed by atoms with E-state index < -0.39 is 0 Å². The number of benzene rings is 4. The van der Waals surface area contributed by atoms with Crippen molar-refractivity contribution in [2.75, 3.05) is 14.2 Å². The van der Waals surface area contributed by atoms with E-state index in [1.165, 1.54) is 27.8 Å². The van der Waals surface area contributed by atoms with Crippen LogP contribution in [0.2, 0.25) is 0 Å². The molecule has 0 radical (unpaired) electrons. The molecule has 0 aliphatic carbocycles. The van der Waals surface area contributed by atoms with Crippen LogP contribution in [0.1, 0.15) is 39.7 Å². The quantitative estimate of drug-likeness (QED) is 0.234. The molecule has 34 heavy (non-hydrogen) atoms. The highest BCUT2D eigenvalue weighted by atomic mass is 79.9. The van der Waals surface area contributed by atoms with E-state index in [1.807, 2.05) is 36.4 Å². The van der Waals surface area contributed by atoms with E-state index >= 15 is 0 Å². The Balaban J connectivity index is 1.82. The maximum atomic E-state index is 9.94. The van der Waals surface area contributed by atoms with Gasteiger partial charge in [-0.15, -0.1) is 0 Å². The van der Waals surface area contributed by atoms with Gasteiger partial charge in [-0.3, -0.25) is 0 Å². The van der Waals surface area contributed by atoms with Crippen LogP contribution >= 0.6 is 15.9 Å². The van der Waals surface area contributed by atoms with Gasteiger partial charge in [-0.1, -0.05) is 76.6 Å². The zero-order valence-electron chi connectivity index (χ0n) is 19.4. The summed E-state index contributed by atoms with van der Waals surface area (Å²) in [6.45, 7) is 0. The van der Waals surface area contributed by atoms with E-state index in [0.29, 0.717) is 0 Å². The van der Waals surface area contributed by atoms with Gasteiger partial charge in [0, 0.05) is 11.2 Å². The molecule has 0 fully saturated rings. The summed E-state index contributed by atoms with van der Waals surface area (Å²) < 4.78 is 10.8. The van der Waals surface area contributed by atoms with E-state index in [1.54, 1.807) is 26.4 Å². The average Bonchev–Trinajstić information content (AvgIpc) is 2.90. The molecule has 0 amide bonds. The number of methoxy groups -OCH3 is 2. The Hall–Kier alpha value is -3.24. The molecule has 4 rings (SSSR count). The molecule has 0 saturated heterocycles. The Kier molecular flexibility index (Phi) is 7.91. The molecule has 4 heteroatoms. The molecule has 0 heterocycles. The van der Waals surface area contributed by atoms with Crippen molar-refractivity contribution in [2.45, 2.75) is 23.6 Å². The van der Waals surface area contributed by atoms with E-state index in [-0.39, 0.29) is 17.6 Å². The molecular formula is C30H29BrO3. The largest absolute Gasteiger partial charge is 0.508 e. The van der Waals surface area contributed by atoms with Gasteiger partial charge in [-0.25, -0.2) is 0 Å². The Labute approximate surface area is 210 Å². The highest BCUT2D eigenvalue weighted by Crippen LogP contribution is 2.42. The Bertz CT molecular complexity index is 1120. The number of ether oxygens (including phenoxy) is 2. The molecule has 0 aliphatic heterocycles. The third-order valence-electron chi connectivity index (χ3n) is 6.31. The minimum Gasteiger partial charge on any atom is -0.508 e. The third-order valence-corrected chi connectivity index (χ3v) is 6.95. The first kappa shape index (κ1) is 23.9. The van der Waals surface area contributed by atoms with Crippen molar-refractivity contribution in [3.8, 4) is 17.2 Å². The van der Waals surface area contributed by atoms with Crippen LogP contribution in [0.15, 0.2) is 97.1 Å². The van der Waals surface area contributed by atoms with Crippen molar-refractivity contribution in [1.29, 1.82) is 0 Å². The number of phenolic OH excluding ortho intramolecular Hbond substituents is 1. The highest BCUT2D eigenvalue weighted by molar-refractivity contribution is 9.08. The van der Waals surface area contributed by atoms with Crippen LogP contribution in [-0.2, 0) is 11.8 Å². The summed E-state index contributed by atoms with van der Waals surface area (Å²) in [4.78, 5) is 0. The maximum Gasteiger partial charge on any atom is 0.118 e. The van der Waals surface area contributed by atoms with Gasteiger partial charge in [0.2, 0.25) is 0 Å². The van der Waals surface area contributed by atoms with Gasteiger partial charge < -0.3 is 14.6 Å². The first-order valence-electron chi connectivity index (χ1n) is 11.3. The molecule has 2 atom stereocenters. The number of phenols is 1. The monoisotopic (exact) mass is 516 g/mol. The lowest BCUT2D eigenvalue weighted by atomic mass is 9.74. The van der Waals surface area contributed by atoms with E-state index in [4.69, 9.17) is 9.47 Å². The van der Waals surface area contributed by atoms with Gasteiger partial charge in [0.25, 0.3) is 0 Å². The first-order valence-corrected chi connectivity index (χ1v) is 12.4. The number of aromatic hydroxyl groups is 1. The highest BCUT2D eigenvalue weighted by Gasteiger charge is 2.27. The minimum atomic E-state index is 0.113. The molecule has 4 aromatic rings. The smallest absolute Gasteiger partial charge is 0.118 e. The fourth-order valence-corrected chi connectivity index (χ4v) is 4.82. The predicted molar refractivity (Wildman–Crippen MR) is 141 cm³/mol. The summed E-state index contributed by atoms with van der Waals surface area (Å²) in [5, 5.41) is 10.8. The molecule has 174 valence electrons. The molecule has 0 bridgehead atoms. The van der Waals surface area contributed by atoms with Crippen molar-refractivity contribution in [3.63, 3.8) is 0 Å². The fraction of sp³-hybridized carbons (Fsp3) is 0.200. The Morgan fingerprint density at radius 1 is 0.618 bits per heavy atom. The second-order valence-corrected chi connectivity index (χ2v) is 8.94. The Morgan fingerprint density at radius 3 is 1.56 bits per heavy atom. The number of rotatable bonds is 9. The van der Waals surface area contributed by atoms with E-state index in [0.717, 1.165) is 23.2 Å². The summed E-state index contributed by atoms with van der Waals surface area (Å²) in [6.07, 6.45) is 0.839. The van der Waals surface area contributed by atoms with E-state index in [2.05, 4.69) is 64.5 Å². The van der Waals surface area contributed by atoms with Gasteiger partial charge >= 0.3 is 0 Å². The molecule has 1 N–H and O–H groups in total. The predicted octanol–water partition coefficient (Wildman–Crippen LogP) is 7.46. The van der Waals surface area contributed by atoms with Crippen LogP contribution in [0, 0.1) is 0 Å². The van der Waals surface area contributed by atoms with Crippen LogP contribution in [0.5, 0.6) is 17.2 Å². The Morgan fingerprint density at radius 2 is 1.06 bits per heavy atom. The second kappa shape index (κ2) is 11.3. The van der Waals surface area contributed by atoms with Crippen LogP contribution in [-0.4, -0.2) is 19.3 Å². The zero-order valence-corrected chi connectivity index (χ0v) is 21.0. The van der Waals surface area contributed by atoms with Gasteiger partial charge in [0.15, 0.2) is 0 Å². The topological polar surface area (TPSA) is 38.7 Å². The van der Waals surface area contributed by atoms with Crippen molar-refractivity contribution in [2.24, 2.45) is 0 Å². The second-order valence-electron chi connectivity index (χ2n) is 8.38. The number of hydrogen-bond acceptors (Lipinski definition) is 3. The van der Waals surface area contributed by atoms with Crippen LogP contribution in [0.3, 0.4) is 0 Å². The number of halogens is 1.